The number of rotatable bonds is 1. The summed E-state index contributed by atoms with van der Waals surface area (Å²) in [4.78, 5) is 0. The van der Waals surface area contributed by atoms with E-state index < -0.39 is 0 Å². The van der Waals surface area contributed by atoms with Crippen LogP contribution in [0.1, 0.15) is 0 Å². The van der Waals surface area contributed by atoms with Crippen molar-refractivity contribution < 1.29 is 0 Å². The number of hydrogen-bond donors (Lipinski definition) is 1. The smallest absolute Gasteiger partial charge is 0.0413 e. The topological polar surface area (TPSA) is 26.0 Å². The predicted octanol–water partition coefficient (Wildman–Crippen LogP) is 4.35. The molecule has 0 atom stereocenters. The van der Waals surface area contributed by atoms with Crippen LogP contribution in [0.15, 0.2) is 46.9 Å². The fraction of sp³-hybridized carbons (Fsp3) is 0. The van der Waals surface area contributed by atoms with Gasteiger partial charge in [0, 0.05) is 20.7 Å². The average molecular weight is 283 g/mol. The molecule has 0 aliphatic heterocycles. The third-order valence-corrected chi connectivity index (χ3v) is 3.11. The zero-order valence-electron chi connectivity index (χ0n) is 7.87. The predicted molar refractivity (Wildman–Crippen MR) is 69.0 cm³/mol. The molecule has 1 nitrogen and oxygen atoms in total. The molecule has 0 bridgehead atoms. The first-order valence-electron chi connectivity index (χ1n) is 4.48. The summed E-state index contributed by atoms with van der Waals surface area (Å²) in [5.74, 6) is 0. The summed E-state index contributed by atoms with van der Waals surface area (Å²) < 4.78 is 1.01. The van der Waals surface area contributed by atoms with E-state index in [1.807, 2.05) is 36.4 Å². The SMILES string of the molecule is Nc1ccc(Cl)cc1-c1ccccc1Br. The van der Waals surface area contributed by atoms with Crippen molar-refractivity contribution in [3.8, 4) is 11.1 Å². The van der Waals surface area contributed by atoms with Crippen molar-refractivity contribution in [2.75, 3.05) is 5.73 Å². The third-order valence-electron chi connectivity index (χ3n) is 2.18. The Hall–Kier alpha value is -0.990. The van der Waals surface area contributed by atoms with Gasteiger partial charge in [0.05, 0.1) is 0 Å². The van der Waals surface area contributed by atoms with Crippen LogP contribution in [0.2, 0.25) is 5.02 Å². The number of nitrogens with two attached hydrogens (primary N) is 1. The molecule has 0 aliphatic carbocycles. The minimum atomic E-state index is 0.690. The first-order valence-corrected chi connectivity index (χ1v) is 5.65. The highest BCUT2D eigenvalue weighted by atomic mass is 79.9. The lowest BCUT2D eigenvalue weighted by Crippen LogP contribution is -1.90. The second-order valence-electron chi connectivity index (χ2n) is 3.21. The van der Waals surface area contributed by atoms with Gasteiger partial charge in [-0.05, 0) is 29.8 Å². The zero-order chi connectivity index (χ0) is 10.8. The van der Waals surface area contributed by atoms with Crippen LogP contribution in [-0.4, -0.2) is 0 Å². The normalized spacial score (nSPS) is 10.3. The number of anilines is 1. The van der Waals surface area contributed by atoms with Crippen molar-refractivity contribution >= 4 is 33.2 Å². The van der Waals surface area contributed by atoms with E-state index in [1.54, 1.807) is 6.07 Å². The molecule has 0 spiro atoms. The molecule has 0 aliphatic rings. The Morgan fingerprint density at radius 2 is 1.73 bits per heavy atom. The maximum Gasteiger partial charge on any atom is 0.0413 e. The summed E-state index contributed by atoms with van der Waals surface area (Å²) in [6.07, 6.45) is 0. The number of nitrogen functional groups attached to an aromatic ring is 1. The van der Waals surface area contributed by atoms with E-state index in [0.717, 1.165) is 21.3 Å². The molecule has 0 unspecified atom stereocenters. The van der Waals surface area contributed by atoms with Gasteiger partial charge in [-0.15, -0.1) is 0 Å². The van der Waals surface area contributed by atoms with E-state index in [9.17, 15) is 0 Å². The molecule has 2 rings (SSSR count). The molecule has 0 aromatic heterocycles. The highest BCUT2D eigenvalue weighted by molar-refractivity contribution is 9.10. The second-order valence-corrected chi connectivity index (χ2v) is 4.50. The maximum atomic E-state index is 5.95. The van der Waals surface area contributed by atoms with Crippen LogP contribution in [0, 0.1) is 0 Å². The summed E-state index contributed by atoms with van der Waals surface area (Å²) in [5.41, 5.74) is 8.65. The number of halogens is 2. The molecule has 0 amide bonds. The molecule has 0 saturated carbocycles. The quantitative estimate of drug-likeness (QED) is 0.773. The van der Waals surface area contributed by atoms with Crippen LogP contribution in [0.5, 0.6) is 0 Å². The molecule has 3 heteroatoms. The largest absolute Gasteiger partial charge is 0.398 e. The van der Waals surface area contributed by atoms with Gasteiger partial charge in [-0.25, -0.2) is 0 Å². The maximum absolute atomic E-state index is 5.95. The lowest BCUT2D eigenvalue weighted by Gasteiger charge is -2.08. The van der Waals surface area contributed by atoms with Crippen LogP contribution in [-0.2, 0) is 0 Å². The fourth-order valence-corrected chi connectivity index (χ4v) is 2.11. The van der Waals surface area contributed by atoms with Gasteiger partial charge in [-0.1, -0.05) is 45.7 Å². The lowest BCUT2D eigenvalue weighted by atomic mass is 10.0. The molecule has 15 heavy (non-hydrogen) atoms. The molecule has 0 fully saturated rings. The van der Waals surface area contributed by atoms with Crippen LogP contribution >= 0.6 is 27.5 Å². The Bertz CT molecular complexity index is 497. The van der Waals surface area contributed by atoms with Gasteiger partial charge in [-0.3, -0.25) is 0 Å². The Kier molecular flexibility index (Phi) is 2.98. The molecule has 0 heterocycles. The zero-order valence-corrected chi connectivity index (χ0v) is 10.2. The summed E-state index contributed by atoms with van der Waals surface area (Å²) in [7, 11) is 0. The lowest BCUT2D eigenvalue weighted by molar-refractivity contribution is 1.58. The Morgan fingerprint density at radius 3 is 2.47 bits per heavy atom. The van der Waals surface area contributed by atoms with Crippen molar-refractivity contribution in [1.82, 2.24) is 0 Å². The van der Waals surface area contributed by atoms with Crippen LogP contribution in [0.4, 0.5) is 5.69 Å². The van der Waals surface area contributed by atoms with E-state index in [4.69, 9.17) is 17.3 Å². The molecule has 2 aromatic carbocycles. The van der Waals surface area contributed by atoms with Crippen molar-refractivity contribution in [1.29, 1.82) is 0 Å². The van der Waals surface area contributed by atoms with Gasteiger partial charge >= 0.3 is 0 Å². The Labute approximate surface area is 102 Å². The molecular formula is C12H9BrClN. The number of benzene rings is 2. The van der Waals surface area contributed by atoms with Gasteiger partial charge in [0.1, 0.15) is 0 Å². The number of hydrogen-bond acceptors (Lipinski definition) is 1. The summed E-state index contributed by atoms with van der Waals surface area (Å²) >= 11 is 9.44. The molecule has 2 N–H and O–H groups in total. The molecule has 0 radical (unpaired) electrons. The van der Waals surface area contributed by atoms with Gasteiger partial charge in [-0.2, -0.15) is 0 Å². The van der Waals surface area contributed by atoms with Gasteiger partial charge < -0.3 is 5.73 Å². The van der Waals surface area contributed by atoms with E-state index in [2.05, 4.69) is 15.9 Å². The van der Waals surface area contributed by atoms with Gasteiger partial charge in [0.25, 0.3) is 0 Å². The van der Waals surface area contributed by atoms with E-state index in [0.29, 0.717) is 5.02 Å². The summed E-state index contributed by atoms with van der Waals surface area (Å²) in [6, 6.07) is 13.4. The third kappa shape index (κ3) is 2.16. The van der Waals surface area contributed by atoms with Crippen LogP contribution < -0.4 is 5.73 Å². The standard InChI is InChI=1S/C12H9BrClN/c13-11-4-2-1-3-9(11)10-7-8(14)5-6-12(10)15/h1-7H,15H2. The summed E-state index contributed by atoms with van der Waals surface area (Å²) in [6.45, 7) is 0. The van der Waals surface area contributed by atoms with Crippen molar-refractivity contribution in [3.63, 3.8) is 0 Å². The first-order chi connectivity index (χ1) is 7.18. The highest BCUT2D eigenvalue weighted by Gasteiger charge is 2.06. The van der Waals surface area contributed by atoms with E-state index in [1.165, 1.54) is 0 Å². The van der Waals surface area contributed by atoms with Gasteiger partial charge in [0.15, 0.2) is 0 Å². The molecule has 2 aromatic rings. The highest BCUT2D eigenvalue weighted by Crippen LogP contribution is 2.33. The van der Waals surface area contributed by atoms with Gasteiger partial charge in [0.2, 0.25) is 0 Å². The first kappa shape index (κ1) is 10.5. The second kappa shape index (κ2) is 4.25. The molecule has 76 valence electrons. The van der Waals surface area contributed by atoms with Crippen molar-refractivity contribution in [3.05, 3.63) is 52.0 Å². The van der Waals surface area contributed by atoms with Crippen molar-refractivity contribution in [2.45, 2.75) is 0 Å². The Balaban J connectivity index is 2.64. The van der Waals surface area contributed by atoms with Crippen LogP contribution in [0.25, 0.3) is 11.1 Å². The van der Waals surface area contributed by atoms with Crippen LogP contribution in [0.3, 0.4) is 0 Å². The van der Waals surface area contributed by atoms with E-state index >= 15 is 0 Å². The van der Waals surface area contributed by atoms with E-state index in [-0.39, 0.29) is 0 Å². The molecular weight excluding hydrogens is 273 g/mol. The fourth-order valence-electron chi connectivity index (χ4n) is 1.44. The minimum absolute atomic E-state index is 0.690. The average Bonchev–Trinajstić information content (AvgIpc) is 2.23. The molecule has 0 saturated heterocycles. The minimum Gasteiger partial charge on any atom is -0.398 e. The Morgan fingerprint density at radius 1 is 1.00 bits per heavy atom. The monoisotopic (exact) mass is 281 g/mol. The summed E-state index contributed by atoms with van der Waals surface area (Å²) in [5, 5.41) is 0.690. The van der Waals surface area contributed by atoms with Crippen molar-refractivity contribution in [2.24, 2.45) is 0 Å².